The van der Waals surface area contributed by atoms with Crippen molar-refractivity contribution in [3.05, 3.63) is 23.2 Å². The van der Waals surface area contributed by atoms with Gasteiger partial charge in [0.25, 0.3) is 0 Å². The molecule has 0 aliphatic heterocycles. The average molecular weight is 214 g/mol. The van der Waals surface area contributed by atoms with Crippen LogP contribution in [0.3, 0.4) is 0 Å². The molecule has 0 atom stereocenters. The molecule has 78 valence electrons. The lowest BCUT2D eigenvalue weighted by Crippen LogP contribution is -2.00. The van der Waals surface area contributed by atoms with E-state index in [1.54, 1.807) is 6.07 Å². The fourth-order valence-electron chi connectivity index (χ4n) is 1.18. The monoisotopic (exact) mass is 213 g/mol. The number of unbranched alkanes of at least 4 members (excludes halogenated alkanes) is 2. The van der Waals surface area contributed by atoms with Crippen LogP contribution in [-0.4, -0.2) is 6.61 Å². The molecule has 1 aromatic rings. The third kappa shape index (κ3) is 3.11. The zero-order valence-corrected chi connectivity index (χ0v) is 9.18. The van der Waals surface area contributed by atoms with Crippen molar-refractivity contribution in [3.63, 3.8) is 0 Å². The van der Waals surface area contributed by atoms with Crippen LogP contribution in [0.1, 0.15) is 26.2 Å². The van der Waals surface area contributed by atoms with E-state index in [-0.39, 0.29) is 0 Å². The fourth-order valence-corrected chi connectivity index (χ4v) is 1.34. The van der Waals surface area contributed by atoms with Crippen molar-refractivity contribution >= 4 is 17.3 Å². The molecule has 0 saturated heterocycles. The number of nitrogen functional groups attached to an aromatic ring is 1. The first-order valence-electron chi connectivity index (χ1n) is 4.92. The summed E-state index contributed by atoms with van der Waals surface area (Å²) in [4.78, 5) is 0. The van der Waals surface area contributed by atoms with E-state index < -0.39 is 0 Å². The average Bonchev–Trinajstić information content (AvgIpc) is 2.19. The highest BCUT2D eigenvalue weighted by atomic mass is 35.5. The second-order valence-electron chi connectivity index (χ2n) is 3.21. The normalized spacial score (nSPS) is 10.1. The largest absolute Gasteiger partial charge is 0.491 e. The highest BCUT2D eigenvalue weighted by molar-refractivity contribution is 6.33. The molecule has 0 fully saturated rings. The first kappa shape index (κ1) is 11.2. The van der Waals surface area contributed by atoms with Crippen LogP contribution >= 0.6 is 11.6 Å². The van der Waals surface area contributed by atoms with Crippen molar-refractivity contribution in [2.75, 3.05) is 12.3 Å². The number of ether oxygens (including phenoxy) is 1. The van der Waals surface area contributed by atoms with Crippen LogP contribution in [0.25, 0.3) is 0 Å². The standard InChI is InChI=1S/C11H16ClNO/c1-2-3-4-8-14-10-7-5-6-9(12)11(10)13/h5-7H,2-4,8,13H2,1H3. The van der Waals surface area contributed by atoms with Crippen molar-refractivity contribution in [1.29, 1.82) is 0 Å². The summed E-state index contributed by atoms with van der Waals surface area (Å²) >= 11 is 5.85. The van der Waals surface area contributed by atoms with E-state index in [0.29, 0.717) is 23.1 Å². The number of rotatable bonds is 5. The van der Waals surface area contributed by atoms with Gasteiger partial charge in [-0.05, 0) is 18.6 Å². The van der Waals surface area contributed by atoms with Crippen molar-refractivity contribution in [3.8, 4) is 5.75 Å². The van der Waals surface area contributed by atoms with Gasteiger partial charge >= 0.3 is 0 Å². The van der Waals surface area contributed by atoms with E-state index in [1.165, 1.54) is 12.8 Å². The van der Waals surface area contributed by atoms with Crippen LogP contribution in [0, 0.1) is 0 Å². The number of anilines is 1. The molecule has 14 heavy (non-hydrogen) atoms. The fraction of sp³-hybridized carbons (Fsp3) is 0.455. The maximum absolute atomic E-state index is 5.85. The van der Waals surface area contributed by atoms with Gasteiger partial charge in [-0.1, -0.05) is 37.4 Å². The maximum atomic E-state index is 5.85. The van der Waals surface area contributed by atoms with Gasteiger partial charge in [-0.3, -0.25) is 0 Å². The Bertz CT molecular complexity index is 289. The van der Waals surface area contributed by atoms with Gasteiger partial charge in [0.2, 0.25) is 0 Å². The molecule has 0 aliphatic carbocycles. The van der Waals surface area contributed by atoms with E-state index in [9.17, 15) is 0 Å². The summed E-state index contributed by atoms with van der Waals surface area (Å²) < 4.78 is 5.51. The number of nitrogens with two attached hydrogens (primary N) is 1. The lowest BCUT2D eigenvalue weighted by atomic mass is 10.2. The summed E-state index contributed by atoms with van der Waals surface area (Å²) in [6, 6.07) is 5.44. The Kier molecular flexibility index (Phi) is 4.60. The molecular weight excluding hydrogens is 198 g/mol. The summed E-state index contributed by atoms with van der Waals surface area (Å²) in [5.74, 6) is 0.689. The van der Waals surface area contributed by atoms with Crippen LogP contribution in [0.2, 0.25) is 5.02 Å². The summed E-state index contributed by atoms with van der Waals surface area (Å²) in [6.07, 6.45) is 3.43. The molecule has 0 heterocycles. The SMILES string of the molecule is CCCCCOc1cccc(Cl)c1N. The zero-order valence-electron chi connectivity index (χ0n) is 8.42. The molecule has 0 bridgehead atoms. The Morgan fingerprint density at radius 3 is 2.86 bits per heavy atom. The maximum Gasteiger partial charge on any atom is 0.143 e. The van der Waals surface area contributed by atoms with Gasteiger partial charge in [-0.2, -0.15) is 0 Å². The smallest absolute Gasteiger partial charge is 0.143 e. The Morgan fingerprint density at radius 2 is 2.14 bits per heavy atom. The zero-order chi connectivity index (χ0) is 10.4. The van der Waals surface area contributed by atoms with Crippen LogP contribution in [0.5, 0.6) is 5.75 Å². The van der Waals surface area contributed by atoms with Gasteiger partial charge in [-0.15, -0.1) is 0 Å². The molecule has 0 saturated carbocycles. The molecule has 2 nitrogen and oxygen atoms in total. The molecule has 0 amide bonds. The molecule has 1 rings (SSSR count). The molecule has 0 unspecified atom stereocenters. The van der Waals surface area contributed by atoms with E-state index in [2.05, 4.69) is 6.92 Å². The topological polar surface area (TPSA) is 35.2 Å². The quantitative estimate of drug-likeness (QED) is 0.600. The van der Waals surface area contributed by atoms with Gasteiger partial charge in [0.05, 0.1) is 17.3 Å². The molecule has 1 aromatic carbocycles. The summed E-state index contributed by atoms with van der Waals surface area (Å²) in [5.41, 5.74) is 6.27. The van der Waals surface area contributed by atoms with Gasteiger partial charge in [-0.25, -0.2) is 0 Å². The number of benzene rings is 1. The lowest BCUT2D eigenvalue weighted by Gasteiger charge is -2.08. The van der Waals surface area contributed by atoms with Crippen molar-refractivity contribution < 1.29 is 4.74 Å². The number of halogens is 1. The highest BCUT2D eigenvalue weighted by Crippen LogP contribution is 2.28. The minimum atomic E-state index is 0.533. The summed E-state index contributed by atoms with van der Waals surface area (Å²) in [7, 11) is 0. The first-order chi connectivity index (χ1) is 6.75. The van der Waals surface area contributed by atoms with Gasteiger partial charge in [0.1, 0.15) is 5.75 Å². The van der Waals surface area contributed by atoms with E-state index in [1.807, 2.05) is 12.1 Å². The van der Waals surface area contributed by atoms with Crippen molar-refractivity contribution in [1.82, 2.24) is 0 Å². The minimum Gasteiger partial charge on any atom is -0.491 e. The van der Waals surface area contributed by atoms with E-state index in [0.717, 1.165) is 6.42 Å². The van der Waals surface area contributed by atoms with Crippen LogP contribution in [0.4, 0.5) is 5.69 Å². The lowest BCUT2D eigenvalue weighted by molar-refractivity contribution is 0.308. The first-order valence-corrected chi connectivity index (χ1v) is 5.30. The Morgan fingerprint density at radius 1 is 1.36 bits per heavy atom. The number of hydrogen-bond donors (Lipinski definition) is 1. The summed E-state index contributed by atoms with van der Waals surface area (Å²) in [5, 5.41) is 0.554. The van der Waals surface area contributed by atoms with Gasteiger partial charge in [0, 0.05) is 0 Å². The van der Waals surface area contributed by atoms with E-state index in [4.69, 9.17) is 22.1 Å². The van der Waals surface area contributed by atoms with Crippen molar-refractivity contribution in [2.24, 2.45) is 0 Å². The Balaban J connectivity index is 2.46. The van der Waals surface area contributed by atoms with Gasteiger partial charge in [0.15, 0.2) is 0 Å². The number of para-hydroxylation sites is 1. The molecule has 3 heteroatoms. The van der Waals surface area contributed by atoms with Crippen molar-refractivity contribution in [2.45, 2.75) is 26.2 Å². The Hall–Kier alpha value is -0.890. The van der Waals surface area contributed by atoms with Gasteiger partial charge < -0.3 is 10.5 Å². The van der Waals surface area contributed by atoms with E-state index >= 15 is 0 Å². The highest BCUT2D eigenvalue weighted by Gasteiger charge is 2.02. The van der Waals surface area contributed by atoms with Crippen LogP contribution in [-0.2, 0) is 0 Å². The predicted octanol–water partition coefficient (Wildman–Crippen LogP) is 3.49. The molecule has 0 aliphatic rings. The molecule has 0 aromatic heterocycles. The molecule has 2 N–H and O–H groups in total. The second kappa shape index (κ2) is 5.76. The van der Waals surface area contributed by atoms with Crippen LogP contribution < -0.4 is 10.5 Å². The number of hydrogen-bond acceptors (Lipinski definition) is 2. The third-order valence-electron chi connectivity index (χ3n) is 2.02. The molecule has 0 radical (unpaired) electrons. The van der Waals surface area contributed by atoms with Crippen LogP contribution in [0.15, 0.2) is 18.2 Å². The molecular formula is C11H16ClNO. The second-order valence-corrected chi connectivity index (χ2v) is 3.61. The summed E-state index contributed by atoms with van der Waals surface area (Å²) in [6.45, 7) is 2.87. The minimum absolute atomic E-state index is 0.533. The molecule has 0 spiro atoms. The Labute approximate surface area is 90.0 Å². The third-order valence-corrected chi connectivity index (χ3v) is 2.35. The predicted molar refractivity (Wildman–Crippen MR) is 60.9 cm³/mol.